The van der Waals surface area contributed by atoms with Gasteiger partial charge in [0.15, 0.2) is 0 Å². The van der Waals surface area contributed by atoms with Crippen LogP contribution < -0.4 is 4.74 Å². The quantitative estimate of drug-likeness (QED) is 0.774. The molecule has 1 rings (SSSR count). The van der Waals surface area contributed by atoms with Gasteiger partial charge in [0.25, 0.3) is 5.24 Å². The molecule has 0 unspecified atom stereocenters. The molecule has 7 heteroatoms. The molecule has 0 heterocycles. The smallest absolute Gasteiger partial charge is 0.417 e. The van der Waals surface area contributed by atoms with E-state index in [0.29, 0.717) is 0 Å². The number of rotatable bonds is 2. The van der Waals surface area contributed by atoms with E-state index in [4.69, 9.17) is 11.6 Å². The minimum atomic E-state index is -4.53. The van der Waals surface area contributed by atoms with Crippen LogP contribution in [0.4, 0.5) is 13.2 Å². The second-order valence-corrected chi connectivity index (χ2v) is 4.00. The van der Waals surface area contributed by atoms with Gasteiger partial charge in [-0.1, -0.05) is 15.9 Å². The summed E-state index contributed by atoms with van der Waals surface area (Å²) in [5.41, 5.74) is -1.05. The van der Waals surface area contributed by atoms with Crippen molar-refractivity contribution in [3.8, 4) is 5.75 Å². The minimum absolute atomic E-state index is 0.121. The van der Waals surface area contributed by atoms with Gasteiger partial charge in [-0.2, -0.15) is 13.2 Å². The zero-order valence-corrected chi connectivity index (χ0v) is 10.2. The van der Waals surface area contributed by atoms with Crippen LogP contribution in [0.3, 0.4) is 0 Å². The Balaban J connectivity index is 3.43. The Bertz CT molecular complexity index is 431. The summed E-state index contributed by atoms with van der Waals surface area (Å²) in [6.07, 6.45) is -4.53. The van der Waals surface area contributed by atoms with Crippen LogP contribution in [0.5, 0.6) is 5.75 Å². The van der Waals surface area contributed by atoms with Gasteiger partial charge in [-0.3, -0.25) is 4.79 Å². The molecule has 0 radical (unpaired) electrons. The molecule has 16 heavy (non-hydrogen) atoms. The molecule has 0 fully saturated rings. The number of carbonyl (C=O) groups is 1. The molecule has 0 aliphatic rings. The van der Waals surface area contributed by atoms with E-state index in [1.54, 1.807) is 0 Å². The van der Waals surface area contributed by atoms with Crippen molar-refractivity contribution < 1.29 is 22.7 Å². The maximum absolute atomic E-state index is 12.5. The first-order valence-electron chi connectivity index (χ1n) is 3.92. The third-order valence-electron chi connectivity index (χ3n) is 1.81. The molecule has 0 aliphatic heterocycles. The van der Waals surface area contributed by atoms with Gasteiger partial charge in [0, 0.05) is 4.47 Å². The lowest BCUT2D eigenvalue weighted by Gasteiger charge is -2.12. The van der Waals surface area contributed by atoms with Crippen molar-refractivity contribution >= 4 is 32.8 Å². The second-order valence-electron chi connectivity index (χ2n) is 2.80. The summed E-state index contributed by atoms with van der Waals surface area (Å²) in [5.74, 6) is -0.212. The minimum Gasteiger partial charge on any atom is -0.496 e. The zero-order chi connectivity index (χ0) is 12.5. The highest BCUT2D eigenvalue weighted by atomic mass is 79.9. The second kappa shape index (κ2) is 4.63. The van der Waals surface area contributed by atoms with Crippen LogP contribution >= 0.6 is 27.5 Å². The normalized spacial score (nSPS) is 11.4. The number of halogens is 5. The lowest BCUT2D eigenvalue weighted by Crippen LogP contribution is -2.08. The van der Waals surface area contributed by atoms with Crippen molar-refractivity contribution in [1.29, 1.82) is 0 Å². The molecule has 0 amide bonds. The molecule has 88 valence electrons. The van der Waals surface area contributed by atoms with Crippen molar-refractivity contribution in [2.45, 2.75) is 6.18 Å². The first kappa shape index (κ1) is 13.3. The number of benzene rings is 1. The predicted octanol–water partition coefficient (Wildman–Crippen LogP) is 3.86. The fourth-order valence-electron chi connectivity index (χ4n) is 1.09. The fourth-order valence-corrected chi connectivity index (χ4v) is 1.81. The molecule has 0 bridgehead atoms. The number of hydrogen-bond acceptors (Lipinski definition) is 2. The van der Waals surface area contributed by atoms with E-state index >= 15 is 0 Å². The molecule has 1 aromatic rings. The van der Waals surface area contributed by atoms with E-state index in [0.717, 1.165) is 19.2 Å². The number of carbonyl (C=O) groups excluding carboxylic acids is 1. The van der Waals surface area contributed by atoms with Crippen molar-refractivity contribution in [3.05, 3.63) is 27.7 Å². The summed E-state index contributed by atoms with van der Waals surface area (Å²) < 4.78 is 41.9. The Kier molecular flexibility index (Phi) is 3.85. The maximum atomic E-state index is 12.5. The fraction of sp³-hybridized carbons (Fsp3) is 0.222. The van der Waals surface area contributed by atoms with Crippen molar-refractivity contribution in [1.82, 2.24) is 0 Å². The Labute approximate surface area is 102 Å². The Hall–Kier alpha value is -0.750. The van der Waals surface area contributed by atoms with Crippen LogP contribution in [0.1, 0.15) is 15.9 Å². The summed E-state index contributed by atoms with van der Waals surface area (Å²) in [6, 6.07) is 1.71. The number of ether oxygens (including phenoxy) is 1. The van der Waals surface area contributed by atoms with Gasteiger partial charge in [0.2, 0.25) is 0 Å². The number of methoxy groups -OCH3 is 1. The zero-order valence-electron chi connectivity index (χ0n) is 7.86. The van der Waals surface area contributed by atoms with Crippen LogP contribution in [-0.2, 0) is 6.18 Å². The van der Waals surface area contributed by atoms with Gasteiger partial charge in [-0.15, -0.1) is 0 Å². The van der Waals surface area contributed by atoms with Gasteiger partial charge >= 0.3 is 6.18 Å². The predicted molar refractivity (Wildman–Crippen MR) is 55.9 cm³/mol. The molecule has 1 aromatic carbocycles. The van der Waals surface area contributed by atoms with E-state index in [1.807, 2.05) is 0 Å². The third kappa shape index (κ3) is 2.68. The highest BCUT2D eigenvalue weighted by Crippen LogP contribution is 2.38. The number of hydrogen-bond donors (Lipinski definition) is 0. The van der Waals surface area contributed by atoms with Crippen molar-refractivity contribution in [3.63, 3.8) is 0 Å². The van der Waals surface area contributed by atoms with E-state index in [-0.39, 0.29) is 15.8 Å². The summed E-state index contributed by atoms with van der Waals surface area (Å²) >= 11 is 7.93. The molecule has 0 N–H and O–H groups in total. The highest BCUT2D eigenvalue weighted by molar-refractivity contribution is 9.10. The van der Waals surface area contributed by atoms with Crippen LogP contribution in [0.25, 0.3) is 0 Å². The van der Waals surface area contributed by atoms with Gasteiger partial charge in [-0.05, 0) is 23.7 Å². The van der Waals surface area contributed by atoms with Gasteiger partial charge in [0.05, 0.1) is 18.2 Å². The summed E-state index contributed by atoms with van der Waals surface area (Å²) in [5, 5.41) is -0.883. The summed E-state index contributed by atoms with van der Waals surface area (Å²) in [4.78, 5) is 10.9. The van der Waals surface area contributed by atoms with Crippen LogP contribution in [0.2, 0.25) is 0 Å². The van der Waals surface area contributed by atoms with Gasteiger partial charge in [-0.25, -0.2) is 0 Å². The topological polar surface area (TPSA) is 26.3 Å². The van der Waals surface area contributed by atoms with E-state index < -0.39 is 17.0 Å². The average molecular weight is 317 g/mol. The first-order valence-corrected chi connectivity index (χ1v) is 5.09. The molecular formula is C9H5BrClF3O2. The van der Waals surface area contributed by atoms with E-state index in [9.17, 15) is 18.0 Å². The molecule has 0 saturated carbocycles. The summed E-state index contributed by atoms with van der Waals surface area (Å²) in [7, 11) is 1.16. The summed E-state index contributed by atoms with van der Waals surface area (Å²) in [6.45, 7) is 0. The van der Waals surface area contributed by atoms with E-state index in [2.05, 4.69) is 20.7 Å². The molecule has 0 aromatic heterocycles. The Morgan fingerprint density at radius 1 is 1.44 bits per heavy atom. The Morgan fingerprint density at radius 2 is 2.00 bits per heavy atom. The largest absolute Gasteiger partial charge is 0.496 e. The molecule has 2 nitrogen and oxygen atoms in total. The lowest BCUT2D eigenvalue weighted by molar-refractivity contribution is -0.138. The van der Waals surface area contributed by atoms with Gasteiger partial charge < -0.3 is 4.74 Å². The van der Waals surface area contributed by atoms with Crippen molar-refractivity contribution in [2.24, 2.45) is 0 Å². The maximum Gasteiger partial charge on any atom is 0.417 e. The third-order valence-corrected chi connectivity index (χ3v) is 2.67. The monoisotopic (exact) mass is 316 g/mol. The van der Waals surface area contributed by atoms with Gasteiger partial charge in [0.1, 0.15) is 5.75 Å². The molecular weight excluding hydrogens is 312 g/mol. The molecule has 0 saturated heterocycles. The average Bonchev–Trinajstić information content (AvgIpc) is 2.15. The highest BCUT2D eigenvalue weighted by Gasteiger charge is 2.34. The first-order chi connectivity index (χ1) is 7.27. The molecule has 0 spiro atoms. The van der Waals surface area contributed by atoms with Crippen molar-refractivity contribution in [2.75, 3.05) is 7.11 Å². The SMILES string of the molecule is COc1cc(C(F)(F)F)c(Br)cc1C(=O)Cl. The van der Waals surface area contributed by atoms with Crippen LogP contribution in [-0.4, -0.2) is 12.4 Å². The van der Waals surface area contributed by atoms with Crippen LogP contribution in [0.15, 0.2) is 16.6 Å². The van der Waals surface area contributed by atoms with Crippen LogP contribution in [0, 0.1) is 0 Å². The van der Waals surface area contributed by atoms with E-state index in [1.165, 1.54) is 0 Å². The Morgan fingerprint density at radius 3 is 2.38 bits per heavy atom. The molecule has 0 aliphatic carbocycles. The lowest BCUT2D eigenvalue weighted by atomic mass is 10.1. The molecule has 0 atom stereocenters. The standard InChI is InChI=1S/C9H5BrClF3O2/c1-16-7-3-5(9(12,13)14)6(10)2-4(7)8(11)15/h2-3H,1H3. The number of alkyl halides is 3.